The molecule has 3 rings (SSSR count). The third-order valence-electron chi connectivity index (χ3n) is 3.18. The lowest BCUT2D eigenvalue weighted by Crippen LogP contribution is -2.13. The van der Waals surface area contributed by atoms with Crippen molar-refractivity contribution in [1.29, 1.82) is 0 Å². The van der Waals surface area contributed by atoms with E-state index in [-0.39, 0.29) is 11.7 Å². The SMILES string of the molecule is CCc1ccc(NC(=O)CSc2nnc(Cn3cncn3)o2)cc1. The monoisotopic (exact) mass is 344 g/mol. The van der Waals surface area contributed by atoms with Gasteiger partial charge in [0.05, 0.1) is 5.75 Å². The van der Waals surface area contributed by atoms with Gasteiger partial charge in [0.25, 0.3) is 5.22 Å². The molecule has 9 heteroatoms. The first-order valence-electron chi connectivity index (χ1n) is 7.39. The molecule has 2 aromatic heterocycles. The van der Waals surface area contributed by atoms with E-state index in [0.717, 1.165) is 12.1 Å². The lowest BCUT2D eigenvalue weighted by atomic mass is 10.1. The van der Waals surface area contributed by atoms with E-state index in [0.29, 0.717) is 17.7 Å². The summed E-state index contributed by atoms with van der Waals surface area (Å²) in [5.74, 6) is 0.486. The number of amides is 1. The van der Waals surface area contributed by atoms with E-state index in [1.165, 1.54) is 23.7 Å². The molecule has 0 atom stereocenters. The lowest BCUT2D eigenvalue weighted by molar-refractivity contribution is -0.113. The minimum Gasteiger partial charge on any atom is -0.414 e. The number of hydrogen-bond acceptors (Lipinski definition) is 7. The Kier molecular flexibility index (Phi) is 5.22. The number of aryl methyl sites for hydroxylation is 1. The summed E-state index contributed by atoms with van der Waals surface area (Å²) in [5, 5.41) is 15.0. The zero-order valence-corrected chi connectivity index (χ0v) is 13.9. The van der Waals surface area contributed by atoms with E-state index in [2.05, 4.69) is 32.5 Å². The fraction of sp³-hybridized carbons (Fsp3) is 0.267. The number of nitrogens with one attached hydrogen (secondary N) is 1. The van der Waals surface area contributed by atoms with Gasteiger partial charge in [-0.25, -0.2) is 9.67 Å². The van der Waals surface area contributed by atoms with Crippen LogP contribution in [0.15, 0.2) is 46.6 Å². The average Bonchev–Trinajstić information content (AvgIpc) is 3.26. The van der Waals surface area contributed by atoms with Gasteiger partial charge in [-0.1, -0.05) is 30.8 Å². The molecule has 1 amide bonds. The Labute approximate surface area is 142 Å². The summed E-state index contributed by atoms with van der Waals surface area (Å²) in [6.07, 6.45) is 3.97. The topological polar surface area (TPSA) is 98.7 Å². The van der Waals surface area contributed by atoms with Crippen molar-refractivity contribution in [1.82, 2.24) is 25.0 Å². The zero-order chi connectivity index (χ0) is 16.8. The largest absolute Gasteiger partial charge is 0.414 e. The molecule has 3 aromatic rings. The van der Waals surface area contributed by atoms with Gasteiger partial charge in [0.1, 0.15) is 19.2 Å². The molecule has 0 saturated carbocycles. The van der Waals surface area contributed by atoms with Crippen molar-refractivity contribution in [3.63, 3.8) is 0 Å². The molecule has 0 bridgehead atoms. The quantitative estimate of drug-likeness (QED) is 0.654. The summed E-state index contributed by atoms with van der Waals surface area (Å²) in [5.41, 5.74) is 2.00. The highest BCUT2D eigenvalue weighted by Crippen LogP contribution is 2.17. The highest BCUT2D eigenvalue weighted by molar-refractivity contribution is 7.99. The maximum atomic E-state index is 12.0. The van der Waals surface area contributed by atoms with Crippen molar-refractivity contribution in [2.75, 3.05) is 11.1 Å². The van der Waals surface area contributed by atoms with Gasteiger partial charge in [-0.05, 0) is 24.1 Å². The highest BCUT2D eigenvalue weighted by atomic mass is 32.2. The number of carbonyl (C=O) groups excluding carboxylic acids is 1. The molecule has 2 heterocycles. The van der Waals surface area contributed by atoms with Crippen molar-refractivity contribution in [2.24, 2.45) is 0 Å². The Morgan fingerprint density at radius 2 is 2.12 bits per heavy atom. The number of aromatic nitrogens is 5. The molecule has 0 aliphatic heterocycles. The molecular weight excluding hydrogens is 328 g/mol. The summed E-state index contributed by atoms with van der Waals surface area (Å²) >= 11 is 1.19. The van der Waals surface area contributed by atoms with E-state index in [1.54, 1.807) is 11.0 Å². The second-order valence-corrected chi connectivity index (χ2v) is 5.87. The average molecular weight is 344 g/mol. The third kappa shape index (κ3) is 4.42. The van der Waals surface area contributed by atoms with Gasteiger partial charge in [0.15, 0.2) is 0 Å². The van der Waals surface area contributed by atoms with Gasteiger partial charge in [-0.3, -0.25) is 4.79 Å². The summed E-state index contributed by atoms with van der Waals surface area (Å²) in [6, 6.07) is 7.78. The molecule has 0 spiro atoms. The number of thioether (sulfide) groups is 1. The van der Waals surface area contributed by atoms with Gasteiger partial charge >= 0.3 is 0 Å². The normalized spacial score (nSPS) is 10.7. The minimum absolute atomic E-state index is 0.125. The van der Waals surface area contributed by atoms with Crippen molar-refractivity contribution < 1.29 is 9.21 Å². The van der Waals surface area contributed by atoms with E-state index in [4.69, 9.17) is 4.42 Å². The van der Waals surface area contributed by atoms with Crippen LogP contribution in [0.4, 0.5) is 5.69 Å². The summed E-state index contributed by atoms with van der Waals surface area (Å²) in [6.45, 7) is 2.44. The Morgan fingerprint density at radius 1 is 1.29 bits per heavy atom. The molecule has 1 N–H and O–H groups in total. The summed E-state index contributed by atoms with van der Waals surface area (Å²) in [4.78, 5) is 15.8. The Bertz CT molecular complexity index is 785. The minimum atomic E-state index is -0.125. The second-order valence-electron chi connectivity index (χ2n) is 4.94. The molecule has 24 heavy (non-hydrogen) atoms. The smallest absolute Gasteiger partial charge is 0.277 e. The van der Waals surface area contributed by atoms with Crippen molar-refractivity contribution in [3.8, 4) is 0 Å². The van der Waals surface area contributed by atoms with E-state index >= 15 is 0 Å². The lowest BCUT2D eigenvalue weighted by Gasteiger charge is -2.04. The second kappa shape index (κ2) is 7.73. The molecular formula is C15H16N6O2S. The zero-order valence-electron chi connectivity index (χ0n) is 13.0. The predicted octanol–water partition coefficient (Wildman–Crippen LogP) is 2.00. The first-order valence-corrected chi connectivity index (χ1v) is 8.38. The molecule has 0 fully saturated rings. The molecule has 8 nitrogen and oxygen atoms in total. The van der Waals surface area contributed by atoms with Crippen LogP contribution < -0.4 is 5.32 Å². The fourth-order valence-corrected chi connectivity index (χ4v) is 2.54. The first kappa shape index (κ1) is 16.2. The van der Waals surface area contributed by atoms with Crippen LogP contribution in [0.1, 0.15) is 18.4 Å². The maximum Gasteiger partial charge on any atom is 0.277 e. The Balaban J connectivity index is 1.48. The van der Waals surface area contributed by atoms with Crippen LogP contribution in [0, 0.1) is 0 Å². The molecule has 0 unspecified atom stereocenters. The van der Waals surface area contributed by atoms with Crippen molar-refractivity contribution in [2.45, 2.75) is 25.1 Å². The van der Waals surface area contributed by atoms with Crippen LogP contribution in [-0.4, -0.2) is 36.6 Å². The summed E-state index contributed by atoms with van der Waals surface area (Å²) < 4.78 is 7.04. The molecule has 124 valence electrons. The highest BCUT2D eigenvalue weighted by Gasteiger charge is 2.10. The number of rotatable bonds is 7. The van der Waals surface area contributed by atoms with Crippen molar-refractivity contribution in [3.05, 3.63) is 48.4 Å². The number of anilines is 1. The van der Waals surface area contributed by atoms with Crippen molar-refractivity contribution >= 4 is 23.4 Å². The summed E-state index contributed by atoms with van der Waals surface area (Å²) in [7, 11) is 0. The molecule has 0 radical (unpaired) electrons. The van der Waals surface area contributed by atoms with Crippen LogP contribution in [0.3, 0.4) is 0 Å². The fourth-order valence-electron chi connectivity index (χ4n) is 1.96. The van der Waals surface area contributed by atoms with Gasteiger partial charge in [0.2, 0.25) is 11.8 Å². The maximum absolute atomic E-state index is 12.0. The van der Waals surface area contributed by atoms with Gasteiger partial charge in [-0.15, -0.1) is 10.2 Å². The molecule has 0 saturated heterocycles. The van der Waals surface area contributed by atoms with E-state index in [1.807, 2.05) is 24.3 Å². The van der Waals surface area contributed by atoms with E-state index in [9.17, 15) is 4.79 Å². The molecule has 1 aromatic carbocycles. The number of benzene rings is 1. The van der Waals surface area contributed by atoms with Crippen LogP contribution in [-0.2, 0) is 17.8 Å². The van der Waals surface area contributed by atoms with Crippen LogP contribution in [0.25, 0.3) is 0 Å². The van der Waals surface area contributed by atoms with Gasteiger partial charge in [0, 0.05) is 5.69 Å². The standard InChI is InChI=1S/C15H16N6O2S/c1-2-11-3-5-12(6-4-11)18-13(22)8-24-15-20-19-14(23-15)7-21-10-16-9-17-21/h3-6,9-10H,2,7-8H2,1H3,(H,18,22). The number of nitrogens with zero attached hydrogens (tertiary/aromatic N) is 5. The molecule has 0 aliphatic carbocycles. The first-order chi connectivity index (χ1) is 11.7. The number of carbonyl (C=O) groups is 1. The third-order valence-corrected chi connectivity index (χ3v) is 4.00. The van der Waals surface area contributed by atoms with Crippen LogP contribution in [0.2, 0.25) is 0 Å². The molecule has 0 aliphatic rings. The number of hydrogen-bond donors (Lipinski definition) is 1. The van der Waals surface area contributed by atoms with Crippen LogP contribution in [0.5, 0.6) is 0 Å². The van der Waals surface area contributed by atoms with Crippen LogP contribution >= 0.6 is 11.8 Å². The predicted molar refractivity (Wildman–Crippen MR) is 88.6 cm³/mol. The van der Waals surface area contributed by atoms with Gasteiger partial charge in [-0.2, -0.15) is 5.10 Å². The Morgan fingerprint density at radius 3 is 2.83 bits per heavy atom. The van der Waals surface area contributed by atoms with E-state index < -0.39 is 0 Å². The Hall–Kier alpha value is -2.68. The van der Waals surface area contributed by atoms with Gasteiger partial charge < -0.3 is 9.73 Å².